The van der Waals surface area contributed by atoms with Crippen LogP contribution < -0.4 is 4.90 Å². The summed E-state index contributed by atoms with van der Waals surface area (Å²) in [6.07, 6.45) is 7.35. The number of hydrogen-bond donors (Lipinski definition) is 1. The molecule has 5 rings (SSSR count). The molecule has 5 atom stereocenters. The average Bonchev–Trinajstić information content (AvgIpc) is 3.80. The second-order valence-corrected chi connectivity index (χ2v) is 14.9. The summed E-state index contributed by atoms with van der Waals surface area (Å²) in [5.41, 5.74) is 2.32. The molecule has 254 valence electrons. The van der Waals surface area contributed by atoms with Gasteiger partial charge >= 0.3 is 5.97 Å². The Morgan fingerprint density at radius 3 is 2.50 bits per heavy atom. The van der Waals surface area contributed by atoms with E-state index in [1.165, 1.54) is 42.6 Å². The number of nitrogens with zero attached hydrogens (tertiary/aromatic N) is 1. The van der Waals surface area contributed by atoms with Crippen molar-refractivity contribution < 1.29 is 38.4 Å². The molecule has 10 heteroatoms. The largest absolute Gasteiger partial charge is 0.459 e. The highest BCUT2D eigenvalue weighted by Crippen LogP contribution is 2.37. The summed E-state index contributed by atoms with van der Waals surface area (Å²) in [6, 6.07) is 12.5. The van der Waals surface area contributed by atoms with Gasteiger partial charge in [0.2, 0.25) is 5.91 Å². The first-order valence-corrected chi connectivity index (χ1v) is 17.8. The van der Waals surface area contributed by atoms with Crippen molar-refractivity contribution in [2.45, 2.75) is 141 Å². The predicted molar refractivity (Wildman–Crippen MR) is 177 cm³/mol. The van der Waals surface area contributed by atoms with E-state index in [9.17, 15) is 14.7 Å². The Morgan fingerprint density at radius 1 is 1.00 bits per heavy atom. The Hall–Kier alpha value is -2.34. The minimum absolute atomic E-state index is 0.191. The van der Waals surface area contributed by atoms with Crippen molar-refractivity contribution in [2.75, 3.05) is 18.1 Å². The number of carbonyl (C=O) groups excluding carboxylic acids is 2. The fourth-order valence-corrected chi connectivity index (χ4v) is 7.63. The number of anilines is 1. The molecule has 1 amide bonds. The lowest BCUT2D eigenvalue weighted by atomic mass is 10.0. The van der Waals surface area contributed by atoms with Crippen LogP contribution in [0.25, 0.3) is 0 Å². The summed E-state index contributed by atoms with van der Waals surface area (Å²) in [5, 5.41) is 10.9. The predicted octanol–water partition coefficient (Wildman–Crippen LogP) is 6.58. The van der Waals surface area contributed by atoms with Gasteiger partial charge in [-0.3, -0.25) is 4.79 Å². The van der Waals surface area contributed by atoms with Crippen molar-refractivity contribution in [2.24, 2.45) is 0 Å². The van der Waals surface area contributed by atoms with Gasteiger partial charge in [-0.2, -0.15) is 0 Å². The van der Waals surface area contributed by atoms with Crippen molar-refractivity contribution in [3.8, 4) is 0 Å². The average molecular weight is 658 g/mol. The molecule has 0 saturated carbocycles. The molecule has 0 spiro atoms. The molecule has 4 heterocycles. The summed E-state index contributed by atoms with van der Waals surface area (Å²) in [4.78, 5) is 29.2. The molecule has 0 aliphatic carbocycles. The Bertz CT molecular complexity index is 1310. The number of thiophene rings is 1. The van der Waals surface area contributed by atoms with Gasteiger partial charge in [0.25, 0.3) is 0 Å². The summed E-state index contributed by atoms with van der Waals surface area (Å²) < 4.78 is 29.2. The van der Waals surface area contributed by atoms with E-state index in [0.717, 1.165) is 42.7 Å². The van der Waals surface area contributed by atoms with Crippen molar-refractivity contribution in [1.29, 1.82) is 0 Å². The number of hydrogen-bond acceptors (Lipinski definition) is 9. The first kappa shape index (κ1) is 35.0. The van der Waals surface area contributed by atoms with E-state index in [4.69, 9.17) is 23.7 Å². The Morgan fingerprint density at radius 2 is 1.78 bits per heavy atom. The minimum Gasteiger partial charge on any atom is -0.459 e. The number of aryl methyl sites for hydroxylation is 2. The van der Waals surface area contributed by atoms with Crippen molar-refractivity contribution in [3.63, 3.8) is 0 Å². The normalized spacial score (nSPS) is 26.1. The second-order valence-electron chi connectivity index (χ2n) is 13.7. The monoisotopic (exact) mass is 657 g/mol. The highest BCUT2D eigenvalue weighted by molar-refractivity contribution is 7.13. The third-order valence-corrected chi connectivity index (χ3v) is 10.1. The molecule has 0 radical (unpaired) electrons. The first-order chi connectivity index (χ1) is 21.9. The molecule has 2 aromatic rings. The third kappa shape index (κ3) is 8.96. The maximum atomic E-state index is 12.9. The summed E-state index contributed by atoms with van der Waals surface area (Å²) in [5.74, 6) is -1.94. The van der Waals surface area contributed by atoms with Crippen LogP contribution in [0.2, 0.25) is 0 Å². The van der Waals surface area contributed by atoms with Crippen LogP contribution in [0.15, 0.2) is 36.4 Å². The van der Waals surface area contributed by atoms with Gasteiger partial charge in [-0.15, -0.1) is 11.3 Å². The SMILES string of the molecule is CCCCCCc1ccc(N2C(=O)CC[C@@H]2CCCc2ccc(C(=O)OC[C@H](O)[C@H]3OC(C)(C)O[C@@H]3[C@H]3COC(C)(C)O3)s2)cc1. The van der Waals surface area contributed by atoms with Crippen LogP contribution >= 0.6 is 11.3 Å². The van der Waals surface area contributed by atoms with Crippen molar-refractivity contribution in [3.05, 3.63) is 51.7 Å². The Kier molecular flexibility index (Phi) is 11.6. The molecule has 3 saturated heterocycles. The van der Waals surface area contributed by atoms with E-state index in [2.05, 4.69) is 31.2 Å². The number of benzene rings is 1. The number of aliphatic hydroxyl groups excluding tert-OH is 1. The lowest BCUT2D eigenvalue weighted by Crippen LogP contribution is -2.45. The highest BCUT2D eigenvalue weighted by atomic mass is 32.1. The fraction of sp³-hybridized carbons (Fsp3) is 0.667. The number of rotatable bonds is 15. The van der Waals surface area contributed by atoms with Crippen LogP contribution in [0.3, 0.4) is 0 Å². The topological polar surface area (TPSA) is 104 Å². The van der Waals surface area contributed by atoms with E-state index in [1.54, 1.807) is 19.9 Å². The van der Waals surface area contributed by atoms with Crippen LogP contribution in [0.4, 0.5) is 5.69 Å². The number of amides is 1. The van der Waals surface area contributed by atoms with Crippen LogP contribution in [0.1, 0.15) is 106 Å². The molecule has 3 aliphatic rings. The van der Waals surface area contributed by atoms with Gasteiger partial charge in [0, 0.05) is 23.0 Å². The zero-order valence-corrected chi connectivity index (χ0v) is 28.8. The number of esters is 1. The molecule has 9 nitrogen and oxygen atoms in total. The minimum atomic E-state index is -1.10. The zero-order chi connectivity index (χ0) is 32.9. The highest BCUT2D eigenvalue weighted by Gasteiger charge is 2.52. The molecular weight excluding hydrogens is 606 g/mol. The molecule has 1 N–H and O–H groups in total. The molecule has 1 aromatic carbocycles. The van der Waals surface area contributed by atoms with Gasteiger partial charge in [-0.25, -0.2) is 4.79 Å². The number of ether oxygens (including phenoxy) is 5. The fourth-order valence-electron chi connectivity index (χ4n) is 6.69. The number of aliphatic hydroxyl groups is 1. The van der Waals surface area contributed by atoms with Crippen molar-refractivity contribution in [1.82, 2.24) is 0 Å². The van der Waals surface area contributed by atoms with E-state index in [-0.39, 0.29) is 18.6 Å². The molecule has 46 heavy (non-hydrogen) atoms. The molecule has 0 bridgehead atoms. The lowest BCUT2D eigenvalue weighted by molar-refractivity contribution is -0.175. The summed E-state index contributed by atoms with van der Waals surface area (Å²) >= 11 is 1.41. The van der Waals surface area contributed by atoms with Crippen LogP contribution in [0.5, 0.6) is 0 Å². The standard InChI is InChI=1S/C36H51NO8S/c1-6-7-8-9-11-24-14-16-26(17-15-24)37-25(18-21-31(37)39)12-10-13-27-19-20-30(46-27)34(40)41-22-28(38)32-33(45-36(4,5)44-32)29-23-42-35(2,3)43-29/h14-17,19-20,25,28-29,32-33,38H,6-13,18,21-23H2,1-5H3/t25-,28-,29+,32+,33+/m0/s1. The van der Waals surface area contributed by atoms with Crippen LogP contribution in [0, 0.1) is 0 Å². The maximum absolute atomic E-state index is 12.9. The van der Waals surface area contributed by atoms with Crippen molar-refractivity contribution >= 4 is 28.9 Å². The lowest BCUT2D eigenvalue weighted by Gasteiger charge is -2.26. The quantitative estimate of drug-likeness (QED) is 0.169. The second kappa shape index (κ2) is 15.3. The molecule has 3 aliphatic heterocycles. The smallest absolute Gasteiger partial charge is 0.348 e. The van der Waals surface area contributed by atoms with Gasteiger partial charge < -0.3 is 33.7 Å². The van der Waals surface area contributed by atoms with Crippen LogP contribution in [-0.2, 0) is 41.3 Å². The Labute approximate surface area is 277 Å². The molecule has 0 unspecified atom stereocenters. The van der Waals surface area contributed by atoms with E-state index < -0.39 is 42.0 Å². The van der Waals surface area contributed by atoms with Crippen LogP contribution in [-0.4, -0.2) is 72.2 Å². The van der Waals surface area contributed by atoms with E-state index >= 15 is 0 Å². The van der Waals surface area contributed by atoms with Gasteiger partial charge in [-0.1, -0.05) is 38.3 Å². The number of carbonyl (C=O) groups is 2. The maximum Gasteiger partial charge on any atom is 0.348 e. The molecular formula is C36H51NO8S. The molecule has 3 fully saturated rings. The van der Waals surface area contributed by atoms with E-state index in [0.29, 0.717) is 17.9 Å². The zero-order valence-electron chi connectivity index (χ0n) is 28.0. The molecule has 1 aromatic heterocycles. The summed E-state index contributed by atoms with van der Waals surface area (Å²) in [7, 11) is 0. The summed E-state index contributed by atoms with van der Waals surface area (Å²) in [6.45, 7) is 9.54. The first-order valence-electron chi connectivity index (χ1n) is 17.0. The van der Waals surface area contributed by atoms with Gasteiger partial charge in [0.15, 0.2) is 11.6 Å². The Balaban J connectivity index is 1.07. The van der Waals surface area contributed by atoms with Gasteiger partial charge in [-0.05, 0) is 96.0 Å². The van der Waals surface area contributed by atoms with Gasteiger partial charge in [0.05, 0.1) is 6.61 Å². The third-order valence-electron chi connectivity index (χ3n) is 9.01. The van der Waals surface area contributed by atoms with E-state index in [1.807, 2.05) is 24.8 Å². The number of unbranched alkanes of at least 4 members (excludes halogenated alkanes) is 3. The van der Waals surface area contributed by atoms with Gasteiger partial charge in [0.1, 0.15) is 35.9 Å².